The lowest BCUT2D eigenvalue weighted by molar-refractivity contribution is 0.413. The molecule has 2 heterocycles. The summed E-state index contributed by atoms with van der Waals surface area (Å²) in [7, 11) is 1.71. The highest BCUT2D eigenvalue weighted by atomic mass is 32.1. The molecule has 0 saturated carbocycles. The first kappa shape index (κ1) is 10.8. The van der Waals surface area contributed by atoms with Crippen LogP contribution in [0.5, 0.6) is 5.75 Å². The van der Waals surface area contributed by atoms with E-state index in [9.17, 15) is 0 Å². The van der Waals surface area contributed by atoms with Crippen LogP contribution in [0.1, 0.15) is 22.0 Å². The molecule has 0 radical (unpaired) electrons. The van der Waals surface area contributed by atoms with E-state index in [0.717, 1.165) is 18.7 Å². The summed E-state index contributed by atoms with van der Waals surface area (Å²) in [5.41, 5.74) is 2.77. The highest BCUT2D eigenvalue weighted by molar-refractivity contribution is 7.10. The Balaban J connectivity index is 2.00. The molecule has 88 valence electrons. The Bertz CT molecular complexity index is 520. The molecule has 2 aromatic rings. The molecule has 17 heavy (non-hydrogen) atoms. The van der Waals surface area contributed by atoms with Gasteiger partial charge >= 0.3 is 0 Å². The molecule has 1 aromatic heterocycles. The lowest BCUT2D eigenvalue weighted by atomic mass is 9.97. The molecule has 1 aliphatic heterocycles. The molecule has 1 aromatic carbocycles. The summed E-state index contributed by atoms with van der Waals surface area (Å²) >= 11 is 1.84. The highest BCUT2D eigenvalue weighted by Gasteiger charge is 2.22. The zero-order valence-corrected chi connectivity index (χ0v) is 10.6. The standard InChI is InChI=1S/C14H15NOS/c1-16-12-4-2-3-11(9-12)13-14-10(5-7-15-13)6-8-17-14/h2-4,6,8-9,13,15H,5,7H2,1H3. The average molecular weight is 245 g/mol. The predicted octanol–water partition coefficient (Wildman–Crippen LogP) is 2.99. The van der Waals surface area contributed by atoms with Gasteiger partial charge in [-0.1, -0.05) is 12.1 Å². The SMILES string of the molecule is COc1cccc(C2NCCc3ccsc32)c1. The third-order valence-corrected chi connectivity index (χ3v) is 4.24. The molecule has 0 bridgehead atoms. The van der Waals surface area contributed by atoms with Crippen molar-refractivity contribution in [2.45, 2.75) is 12.5 Å². The molecule has 1 aliphatic rings. The van der Waals surface area contributed by atoms with Gasteiger partial charge in [0.15, 0.2) is 0 Å². The summed E-state index contributed by atoms with van der Waals surface area (Å²) < 4.78 is 5.29. The number of methoxy groups -OCH3 is 1. The number of rotatable bonds is 2. The fourth-order valence-electron chi connectivity index (χ4n) is 2.34. The zero-order valence-electron chi connectivity index (χ0n) is 9.77. The van der Waals surface area contributed by atoms with Crippen LogP contribution in [0, 0.1) is 0 Å². The van der Waals surface area contributed by atoms with Crippen molar-refractivity contribution in [3.8, 4) is 5.75 Å². The molecule has 0 saturated heterocycles. The first-order valence-corrected chi connectivity index (χ1v) is 6.70. The van der Waals surface area contributed by atoms with E-state index in [0.29, 0.717) is 6.04 Å². The van der Waals surface area contributed by atoms with Crippen LogP contribution in [0.3, 0.4) is 0 Å². The smallest absolute Gasteiger partial charge is 0.119 e. The molecule has 1 N–H and O–H groups in total. The number of benzene rings is 1. The molecule has 0 spiro atoms. The van der Waals surface area contributed by atoms with Crippen LogP contribution >= 0.6 is 11.3 Å². The largest absolute Gasteiger partial charge is 0.497 e. The van der Waals surface area contributed by atoms with Crippen LogP contribution in [-0.4, -0.2) is 13.7 Å². The molecule has 1 unspecified atom stereocenters. The number of thiophene rings is 1. The minimum absolute atomic E-state index is 0.328. The summed E-state index contributed by atoms with van der Waals surface area (Å²) in [6, 6.07) is 10.9. The van der Waals surface area contributed by atoms with Crippen LogP contribution in [0.2, 0.25) is 0 Å². The maximum absolute atomic E-state index is 5.29. The van der Waals surface area contributed by atoms with Crippen molar-refractivity contribution >= 4 is 11.3 Å². The minimum Gasteiger partial charge on any atom is -0.497 e. The minimum atomic E-state index is 0.328. The van der Waals surface area contributed by atoms with Crippen molar-refractivity contribution in [3.05, 3.63) is 51.7 Å². The molecular formula is C14H15NOS. The van der Waals surface area contributed by atoms with Crippen molar-refractivity contribution in [2.24, 2.45) is 0 Å². The molecule has 1 atom stereocenters. The van der Waals surface area contributed by atoms with Gasteiger partial charge in [0.1, 0.15) is 5.75 Å². The quantitative estimate of drug-likeness (QED) is 0.878. The van der Waals surface area contributed by atoms with Crippen LogP contribution in [0.15, 0.2) is 35.7 Å². The molecule has 0 amide bonds. The van der Waals surface area contributed by atoms with Crippen molar-refractivity contribution in [3.63, 3.8) is 0 Å². The Morgan fingerprint density at radius 1 is 1.35 bits per heavy atom. The van der Waals surface area contributed by atoms with Gasteiger partial charge in [0.25, 0.3) is 0 Å². The second kappa shape index (κ2) is 4.51. The molecular weight excluding hydrogens is 230 g/mol. The molecule has 3 heteroatoms. The lowest BCUT2D eigenvalue weighted by Gasteiger charge is -2.24. The van der Waals surface area contributed by atoms with Gasteiger partial charge in [-0.05, 0) is 41.1 Å². The number of hydrogen-bond acceptors (Lipinski definition) is 3. The van der Waals surface area contributed by atoms with Crippen molar-refractivity contribution < 1.29 is 4.74 Å². The Kier molecular flexibility index (Phi) is 2.87. The molecule has 2 nitrogen and oxygen atoms in total. The van der Waals surface area contributed by atoms with Crippen LogP contribution in [-0.2, 0) is 6.42 Å². The summed E-state index contributed by atoms with van der Waals surface area (Å²) in [6.45, 7) is 1.05. The molecule has 0 aliphatic carbocycles. The second-order valence-corrected chi connectivity index (χ2v) is 5.17. The Hall–Kier alpha value is -1.32. The van der Waals surface area contributed by atoms with Gasteiger partial charge in [-0.25, -0.2) is 0 Å². The van der Waals surface area contributed by atoms with E-state index in [-0.39, 0.29) is 0 Å². The number of fused-ring (bicyclic) bond motifs is 1. The highest BCUT2D eigenvalue weighted by Crippen LogP contribution is 2.33. The molecule has 3 rings (SSSR count). The second-order valence-electron chi connectivity index (χ2n) is 4.22. The Morgan fingerprint density at radius 2 is 2.29 bits per heavy atom. The van der Waals surface area contributed by atoms with Gasteiger partial charge in [0, 0.05) is 11.4 Å². The summed E-state index contributed by atoms with van der Waals surface area (Å²) in [6.07, 6.45) is 1.14. The maximum Gasteiger partial charge on any atom is 0.119 e. The van der Waals surface area contributed by atoms with E-state index in [1.807, 2.05) is 17.4 Å². The average Bonchev–Trinajstić information content (AvgIpc) is 2.87. The number of ether oxygens (including phenoxy) is 1. The van der Waals surface area contributed by atoms with Gasteiger partial charge in [-0.2, -0.15) is 0 Å². The number of hydrogen-bond donors (Lipinski definition) is 1. The van der Waals surface area contributed by atoms with Crippen LogP contribution in [0.4, 0.5) is 0 Å². The van der Waals surface area contributed by atoms with Crippen molar-refractivity contribution in [1.29, 1.82) is 0 Å². The van der Waals surface area contributed by atoms with Gasteiger partial charge < -0.3 is 10.1 Å². The lowest BCUT2D eigenvalue weighted by Crippen LogP contribution is -2.29. The fraction of sp³-hybridized carbons (Fsp3) is 0.286. The van der Waals surface area contributed by atoms with Crippen LogP contribution in [0.25, 0.3) is 0 Å². The van der Waals surface area contributed by atoms with Gasteiger partial charge in [-0.3, -0.25) is 0 Å². The van der Waals surface area contributed by atoms with E-state index in [1.165, 1.54) is 16.0 Å². The van der Waals surface area contributed by atoms with Gasteiger partial charge in [-0.15, -0.1) is 11.3 Å². The van der Waals surface area contributed by atoms with Crippen molar-refractivity contribution in [1.82, 2.24) is 5.32 Å². The van der Waals surface area contributed by atoms with Gasteiger partial charge in [0.2, 0.25) is 0 Å². The fourth-order valence-corrected chi connectivity index (χ4v) is 3.40. The first-order chi connectivity index (χ1) is 8.38. The molecule has 0 fully saturated rings. The van der Waals surface area contributed by atoms with Crippen LogP contribution < -0.4 is 10.1 Å². The Morgan fingerprint density at radius 3 is 3.18 bits per heavy atom. The summed E-state index contributed by atoms with van der Waals surface area (Å²) in [5, 5.41) is 5.77. The third kappa shape index (κ3) is 1.96. The topological polar surface area (TPSA) is 21.3 Å². The van der Waals surface area contributed by atoms with E-state index in [1.54, 1.807) is 7.11 Å². The third-order valence-electron chi connectivity index (χ3n) is 3.21. The number of nitrogens with one attached hydrogen (secondary N) is 1. The summed E-state index contributed by atoms with van der Waals surface area (Å²) in [4.78, 5) is 1.45. The zero-order chi connectivity index (χ0) is 11.7. The first-order valence-electron chi connectivity index (χ1n) is 5.82. The monoisotopic (exact) mass is 245 g/mol. The van der Waals surface area contributed by atoms with E-state index >= 15 is 0 Å². The van der Waals surface area contributed by atoms with E-state index in [2.05, 4.69) is 35.0 Å². The summed E-state index contributed by atoms with van der Waals surface area (Å²) in [5.74, 6) is 0.924. The van der Waals surface area contributed by atoms with E-state index < -0.39 is 0 Å². The van der Waals surface area contributed by atoms with Crippen molar-refractivity contribution in [2.75, 3.05) is 13.7 Å². The maximum atomic E-state index is 5.29. The van der Waals surface area contributed by atoms with Gasteiger partial charge in [0.05, 0.1) is 13.2 Å². The normalized spacial score (nSPS) is 18.8. The predicted molar refractivity (Wildman–Crippen MR) is 70.9 cm³/mol. The van der Waals surface area contributed by atoms with E-state index in [4.69, 9.17) is 4.74 Å². The Labute approximate surface area is 105 Å².